The van der Waals surface area contributed by atoms with Crippen LogP contribution in [-0.2, 0) is 10.3 Å². The maximum absolute atomic E-state index is 10.8. The second-order valence-corrected chi connectivity index (χ2v) is 8.79. The van der Waals surface area contributed by atoms with Gasteiger partial charge >= 0.3 is 0 Å². The number of aryl methyl sites for hydroxylation is 1. The maximum Gasteiger partial charge on any atom is 0.164 e. The van der Waals surface area contributed by atoms with Crippen LogP contribution in [0.2, 0.25) is 0 Å². The van der Waals surface area contributed by atoms with Gasteiger partial charge in [-0.15, -0.1) is 0 Å². The number of anilines is 1. The number of morpholine rings is 1. The van der Waals surface area contributed by atoms with Crippen molar-refractivity contribution in [3.8, 4) is 16.8 Å². The molecule has 1 aliphatic heterocycles. The molecule has 0 bridgehead atoms. The van der Waals surface area contributed by atoms with Gasteiger partial charge in [0.2, 0.25) is 0 Å². The maximum atomic E-state index is 10.8. The molecule has 0 radical (unpaired) electrons. The minimum atomic E-state index is -1.07. The van der Waals surface area contributed by atoms with Gasteiger partial charge in [0.1, 0.15) is 5.60 Å². The summed E-state index contributed by atoms with van der Waals surface area (Å²) in [4.78, 5) is 7.19. The second kappa shape index (κ2) is 8.04. The number of hydrogen-bond acceptors (Lipinski definition) is 5. The van der Waals surface area contributed by atoms with E-state index in [1.54, 1.807) is 13.8 Å². The minimum Gasteiger partial charge on any atom is -0.384 e. The first-order valence-corrected chi connectivity index (χ1v) is 11.0. The van der Waals surface area contributed by atoms with Gasteiger partial charge in [0.05, 0.1) is 35.7 Å². The normalized spacial score (nSPS) is 14.8. The zero-order valence-corrected chi connectivity index (χ0v) is 18.7. The lowest BCUT2D eigenvalue weighted by Gasteiger charge is -2.29. The molecule has 4 aromatic rings. The Balaban J connectivity index is 1.67. The van der Waals surface area contributed by atoms with Crippen LogP contribution in [0, 0.1) is 6.92 Å². The highest BCUT2D eigenvalue weighted by Crippen LogP contribution is 2.35. The molecule has 0 unspecified atom stereocenters. The van der Waals surface area contributed by atoms with Crippen LogP contribution in [-0.4, -0.2) is 46.2 Å². The van der Waals surface area contributed by atoms with Crippen molar-refractivity contribution in [3.63, 3.8) is 0 Å². The van der Waals surface area contributed by atoms with E-state index in [0.717, 1.165) is 59.8 Å². The molecule has 3 heterocycles. The third-order valence-corrected chi connectivity index (χ3v) is 5.99. The first-order valence-electron chi connectivity index (χ1n) is 11.0. The molecule has 1 aliphatic rings. The van der Waals surface area contributed by atoms with Crippen molar-refractivity contribution in [2.75, 3.05) is 31.2 Å². The number of ether oxygens (including phenoxy) is 1. The SMILES string of the molecule is Cc1nn(-c2ccccc2)c2nc(C(C)(C)O)cc(-c3ccc(N4CCOCC4)cc3)c12. The first kappa shape index (κ1) is 20.7. The van der Waals surface area contributed by atoms with Gasteiger partial charge in [-0.05, 0) is 62.2 Å². The van der Waals surface area contributed by atoms with Crippen LogP contribution in [0.3, 0.4) is 0 Å². The molecule has 0 aliphatic carbocycles. The van der Waals surface area contributed by atoms with E-state index in [1.807, 2.05) is 48.0 Å². The van der Waals surface area contributed by atoms with Crippen molar-refractivity contribution >= 4 is 16.7 Å². The number of rotatable bonds is 4. The quantitative estimate of drug-likeness (QED) is 0.520. The van der Waals surface area contributed by atoms with Crippen molar-refractivity contribution in [2.24, 2.45) is 0 Å². The lowest BCUT2D eigenvalue weighted by atomic mass is 9.96. The standard InChI is InChI=1S/C26H28N4O2/c1-18-24-22(19-9-11-20(12-10-19)29-13-15-32-16-14-29)17-23(26(2,3)31)27-25(24)30(28-18)21-7-5-4-6-8-21/h4-12,17,31H,13-16H2,1-3H3. The van der Waals surface area contributed by atoms with Gasteiger partial charge < -0.3 is 14.7 Å². The number of aromatic nitrogens is 3. The van der Waals surface area contributed by atoms with Gasteiger partial charge in [0.15, 0.2) is 5.65 Å². The van der Waals surface area contributed by atoms with Crippen LogP contribution in [0.4, 0.5) is 5.69 Å². The van der Waals surface area contributed by atoms with Gasteiger partial charge in [-0.1, -0.05) is 30.3 Å². The Morgan fingerprint density at radius 1 is 0.938 bits per heavy atom. The van der Waals surface area contributed by atoms with Crippen LogP contribution in [0.1, 0.15) is 25.2 Å². The average Bonchev–Trinajstić information content (AvgIpc) is 3.16. The summed E-state index contributed by atoms with van der Waals surface area (Å²) < 4.78 is 7.34. The molecular weight excluding hydrogens is 400 g/mol. The first-order chi connectivity index (χ1) is 15.4. The Bertz CT molecular complexity index is 1240. The summed E-state index contributed by atoms with van der Waals surface area (Å²) in [5.41, 5.74) is 5.45. The zero-order valence-electron chi connectivity index (χ0n) is 18.7. The summed E-state index contributed by atoms with van der Waals surface area (Å²) in [6, 6.07) is 20.6. The number of hydrogen-bond donors (Lipinski definition) is 1. The molecule has 0 spiro atoms. The summed E-state index contributed by atoms with van der Waals surface area (Å²) >= 11 is 0. The Morgan fingerprint density at radius 2 is 1.62 bits per heavy atom. The molecule has 0 saturated carbocycles. The highest BCUT2D eigenvalue weighted by Gasteiger charge is 2.24. The lowest BCUT2D eigenvalue weighted by molar-refractivity contribution is 0.0742. The van der Waals surface area contributed by atoms with Crippen molar-refractivity contribution in [2.45, 2.75) is 26.4 Å². The monoisotopic (exact) mass is 428 g/mol. The summed E-state index contributed by atoms with van der Waals surface area (Å²) in [6.45, 7) is 8.89. The fraction of sp³-hybridized carbons (Fsp3) is 0.308. The third kappa shape index (κ3) is 3.76. The van der Waals surface area contributed by atoms with Crippen LogP contribution < -0.4 is 4.90 Å². The Hall–Kier alpha value is -3.22. The average molecular weight is 429 g/mol. The second-order valence-electron chi connectivity index (χ2n) is 8.79. The number of fused-ring (bicyclic) bond motifs is 1. The predicted molar refractivity (Wildman–Crippen MR) is 127 cm³/mol. The van der Waals surface area contributed by atoms with Gasteiger partial charge in [-0.25, -0.2) is 9.67 Å². The number of nitrogens with zero attached hydrogens (tertiary/aromatic N) is 4. The minimum absolute atomic E-state index is 0.620. The Labute approximate surface area is 188 Å². The van der Waals surface area contributed by atoms with Gasteiger partial charge in [0.25, 0.3) is 0 Å². The van der Waals surface area contributed by atoms with Crippen molar-refractivity contribution < 1.29 is 9.84 Å². The van der Waals surface area contributed by atoms with Crippen LogP contribution in [0.15, 0.2) is 60.7 Å². The van der Waals surface area contributed by atoms with E-state index in [9.17, 15) is 5.11 Å². The summed E-state index contributed by atoms with van der Waals surface area (Å²) in [7, 11) is 0. The topological polar surface area (TPSA) is 63.4 Å². The van der Waals surface area contributed by atoms with E-state index in [2.05, 4.69) is 29.2 Å². The highest BCUT2D eigenvalue weighted by molar-refractivity contribution is 5.96. The smallest absolute Gasteiger partial charge is 0.164 e. The van der Waals surface area contributed by atoms with Crippen molar-refractivity contribution in [1.82, 2.24) is 14.8 Å². The molecule has 0 amide bonds. The predicted octanol–water partition coefficient (Wildman–Crippen LogP) is 4.46. The zero-order chi connectivity index (χ0) is 22.3. The number of pyridine rings is 1. The summed E-state index contributed by atoms with van der Waals surface area (Å²) in [6.07, 6.45) is 0. The fourth-order valence-corrected chi connectivity index (χ4v) is 4.25. The third-order valence-electron chi connectivity index (χ3n) is 5.99. The highest BCUT2D eigenvalue weighted by atomic mass is 16.5. The van der Waals surface area contributed by atoms with Gasteiger partial charge in [-0.2, -0.15) is 5.10 Å². The molecule has 164 valence electrons. The number of aliphatic hydroxyl groups is 1. The molecule has 32 heavy (non-hydrogen) atoms. The number of benzene rings is 2. The van der Waals surface area contributed by atoms with Gasteiger partial charge in [0, 0.05) is 18.8 Å². The molecule has 1 N–H and O–H groups in total. The number of para-hydroxylation sites is 1. The molecule has 2 aromatic heterocycles. The lowest BCUT2D eigenvalue weighted by Crippen LogP contribution is -2.36. The van der Waals surface area contributed by atoms with Crippen LogP contribution >= 0.6 is 0 Å². The van der Waals surface area contributed by atoms with E-state index >= 15 is 0 Å². The van der Waals surface area contributed by atoms with Crippen molar-refractivity contribution in [3.05, 3.63) is 72.1 Å². The molecule has 0 atom stereocenters. The molecule has 1 saturated heterocycles. The molecule has 6 nitrogen and oxygen atoms in total. The van der Waals surface area contributed by atoms with E-state index in [0.29, 0.717) is 5.69 Å². The largest absolute Gasteiger partial charge is 0.384 e. The Morgan fingerprint density at radius 3 is 2.28 bits per heavy atom. The Kier molecular flexibility index (Phi) is 5.19. The van der Waals surface area contributed by atoms with Crippen LogP contribution in [0.25, 0.3) is 27.8 Å². The van der Waals surface area contributed by atoms with E-state index in [4.69, 9.17) is 14.8 Å². The van der Waals surface area contributed by atoms with E-state index in [1.165, 1.54) is 5.69 Å². The van der Waals surface area contributed by atoms with Gasteiger partial charge in [-0.3, -0.25) is 0 Å². The van der Waals surface area contributed by atoms with Crippen molar-refractivity contribution in [1.29, 1.82) is 0 Å². The molecule has 6 heteroatoms. The molecule has 1 fully saturated rings. The molecular formula is C26H28N4O2. The molecule has 5 rings (SSSR count). The van der Waals surface area contributed by atoms with E-state index in [-0.39, 0.29) is 0 Å². The fourth-order valence-electron chi connectivity index (χ4n) is 4.25. The van der Waals surface area contributed by atoms with E-state index < -0.39 is 5.60 Å². The molecule has 2 aromatic carbocycles. The summed E-state index contributed by atoms with van der Waals surface area (Å²) in [5, 5.41) is 16.6. The van der Waals surface area contributed by atoms with Crippen LogP contribution in [0.5, 0.6) is 0 Å². The summed E-state index contributed by atoms with van der Waals surface area (Å²) in [5.74, 6) is 0.